The van der Waals surface area contributed by atoms with Gasteiger partial charge in [0.2, 0.25) is 0 Å². The molecule has 1 aromatic carbocycles. The van der Waals surface area contributed by atoms with Crippen LogP contribution in [0.2, 0.25) is 0 Å². The molecule has 1 N–H and O–H groups in total. The van der Waals surface area contributed by atoms with Crippen molar-refractivity contribution in [3.63, 3.8) is 0 Å². The van der Waals surface area contributed by atoms with Gasteiger partial charge in [-0.05, 0) is 42.9 Å². The van der Waals surface area contributed by atoms with E-state index in [1.807, 2.05) is 0 Å². The van der Waals surface area contributed by atoms with Crippen molar-refractivity contribution < 1.29 is 27.2 Å². The molecule has 6 nitrogen and oxygen atoms in total. The van der Waals surface area contributed by atoms with Crippen molar-refractivity contribution in [2.24, 2.45) is 16.7 Å². The van der Waals surface area contributed by atoms with Gasteiger partial charge in [-0.25, -0.2) is 0 Å². The minimum absolute atomic E-state index is 0.00600. The molecule has 0 radical (unpaired) electrons. The summed E-state index contributed by atoms with van der Waals surface area (Å²) in [5, 5.41) is 0. The molecule has 2 unspecified atom stereocenters. The summed E-state index contributed by atoms with van der Waals surface area (Å²) >= 11 is 0. The maximum Gasteiger partial charge on any atom is 0.298 e. The van der Waals surface area contributed by atoms with Gasteiger partial charge in [0.05, 0.1) is 14.2 Å². The molecule has 1 aliphatic heterocycles. The molecule has 1 aliphatic rings. The molecule has 1 aromatic rings. The second-order valence-electron chi connectivity index (χ2n) is 12.0. The van der Waals surface area contributed by atoms with Gasteiger partial charge in [0, 0.05) is 17.0 Å². The van der Waals surface area contributed by atoms with E-state index in [9.17, 15) is 13.0 Å². The number of rotatable bonds is 9. The zero-order valence-electron chi connectivity index (χ0n) is 22.4. The lowest BCUT2D eigenvalue weighted by Crippen LogP contribution is -2.44. The van der Waals surface area contributed by atoms with Gasteiger partial charge in [-0.3, -0.25) is 4.55 Å². The molecule has 0 amide bonds. The lowest BCUT2D eigenvalue weighted by Gasteiger charge is -2.45. The van der Waals surface area contributed by atoms with Crippen LogP contribution in [0.25, 0.3) is 0 Å². The normalized spacial score (nSPS) is 21.2. The highest BCUT2D eigenvalue weighted by Gasteiger charge is 2.56. The summed E-state index contributed by atoms with van der Waals surface area (Å²) in [5.41, 5.74) is 0.325. The summed E-state index contributed by atoms with van der Waals surface area (Å²) in [4.78, 5) is -0.226. The van der Waals surface area contributed by atoms with Crippen molar-refractivity contribution in [1.82, 2.24) is 0 Å². The van der Waals surface area contributed by atoms with Gasteiger partial charge in [0.1, 0.15) is 16.2 Å². The third-order valence-electron chi connectivity index (χ3n) is 6.43. The van der Waals surface area contributed by atoms with Crippen molar-refractivity contribution in [1.29, 1.82) is 0 Å². The molecular formula is C26H44O6S. The molecule has 2 atom stereocenters. The minimum Gasteiger partial charge on any atom is -0.492 e. The molecule has 0 aromatic heterocycles. The second-order valence-corrected chi connectivity index (χ2v) is 13.4. The monoisotopic (exact) mass is 484 g/mol. The van der Waals surface area contributed by atoms with E-state index in [4.69, 9.17) is 14.2 Å². The number of fused-ring (bicyclic) bond motifs is 1. The maximum atomic E-state index is 12.9. The van der Waals surface area contributed by atoms with E-state index in [2.05, 4.69) is 62.3 Å². The van der Waals surface area contributed by atoms with Crippen LogP contribution in [0.1, 0.15) is 98.6 Å². The van der Waals surface area contributed by atoms with Crippen molar-refractivity contribution in [2.75, 3.05) is 14.2 Å². The Bertz CT molecular complexity index is 972. The molecule has 0 saturated heterocycles. The van der Waals surface area contributed by atoms with Gasteiger partial charge in [-0.1, -0.05) is 61.8 Å². The zero-order chi connectivity index (χ0) is 25.6. The van der Waals surface area contributed by atoms with E-state index in [1.54, 1.807) is 0 Å². The van der Waals surface area contributed by atoms with Gasteiger partial charge in [0.25, 0.3) is 10.1 Å². The second kappa shape index (κ2) is 9.29. The summed E-state index contributed by atoms with van der Waals surface area (Å²) in [5.74, 6) is 0.930. The predicted octanol–water partition coefficient (Wildman–Crippen LogP) is 6.65. The molecule has 7 heteroatoms. The summed E-state index contributed by atoms with van der Waals surface area (Å²) in [6, 6.07) is 0. The van der Waals surface area contributed by atoms with Crippen LogP contribution in [0.4, 0.5) is 0 Å². The molecule has 0 spiro atoms. The molecule has 1 heterocycles. The van der Waals surface area contributed by atoms with Crippen molar-refractivity contribution in [2.45, 2.75) is 104 Å². The van der Waals surface area contributed by atoms with Crippen molar-refractivity contribution in [3.8, 4) is 17.2 Å². The van der Waals surface area contributed by atoms with Crippen LogP contribution in [-0.2, 0) is 16.5 Å². The fraction of sp³-hybridized carbons (Fsp3) is 0.769. The number of benzene rings is 1. The Morgan fingerprint density at radius 3 is 2.03 bits per heavy atom. The lowest BCUT2D eigenvalue weighted by atomic mass is 9.61. The van der Waals surface area contributed by atoms with Gasteiger partial charge < -0.3 is 14.2 Å². The molecule has 2 rings (SSSR count). The van der Waals surface area contributed by atoms with Crippen LogP contribution in [0.15, 0.2) is 4.90 Å². The number of ether oxygens (including phenoxy) is 3. The highest BCUT2D eigenvalue weighted by Crippen LogP contribution is 2.63. The Balaban J connectivity index is 3.08. The van der Waals surface area contributed by atoms with Gasteiger partial charge in [-0.2, -0.15) is 8.42 Å². The minimum atomic E-state index is -4.64. The van der Waals surface area contributed by atoms with E-state index < -0.39 is 15.7 Å². The molecule has 0 aliphatic carbocycles. The average Bonchev–Trinajstić information content (AvgIpc) is 2.90. The quantitative estimate of drug-likeness (QED) is 0.395. The van der Waals surface area contributed by atoms with Crippen LogP contribution in [0.3, 0.4) is 0 Å². The summed E-state index contributed by atoms with van der Waals surface area (Å²) < 4.78 is 54.2. The SMILES string of the molecule is CCCc1c(OC)c(OC)c(S(=O)(=O)O)c2c1OC(C)(CC(C)C)C2C(C)(C)CC(C)(C)C. The topological polar surface area (TPSA) is 82.1 Å². The number of methoxy groups -OCH3 is 2. The van der Waals surface area contributed by atoms with Gasteiger partial charge in [0.15, 0.2) is 11.5 Å². The molecule has 0 saturated carbocycles. The fourth-order valence-corrected chi connectivity index (χ4v) is 7.40. The maximum absolute atomic E-state index is 12.9. The van der Waals surface area contributed by atoms with E-state index in [0.29, 0.717) is 29.4 Å². The largest absolute Gasteiger partial charge is 0.492 e. The first kappa shape index (κ1) is 27.8. The summed E-state index contributed by atoms with van der Waals surface area (Å²) in [6.07, 6.45) is 3.03. The summed E-state index contributed by atoms with van der Waals surface area (Å²) in [6.45, 7) is 19.3. The zero-order valence-corrected chi connectivity index (χ0v) is 23.2. The lowest BCUT2D eigenvalue weighted by molar-refractivity contribution is 0.00777. The molecule has 190 valence electrons. The third kappa shape index (κ3) is 5.45. The predicted molar refractivity (Wildman–Crippen MR) is 132 cm³/mol. The van der Waals surface area contributed by atoms with Crippen LogP contribution in [0.5, 0.6) is 17.2 Å². The van der Waals surface area contributed by atoms with E-state index in [1.165, 1.54) is 14.2 Å². The highest BCUT2D eigenvalue weighted by atomic mass is 32.2. The molecular weight excluding hydrogens is 440 g/mol. The number of hydrogen-bond donors (Lipinski definition) is 1. The van der Waals surface area contributed by atoms with Crippen LogP contribution in [0, 0.1) is 16.7 Å². The van der Waals surface area contributed by atoms with Gasteiger partial charge >= 0.3 is 0 Å². The first-order chi connectivity index (χ1) is 14.9. The van der Waals surface area contributed by atoms with Crippen molar-refractivity contribution in [3.05, 3.63) is 11.1 Å². The Labute approximate surface area is 201 Å². The Hall–Kier alpha value is -1.47. The first-order valence-corrected chi connectivity index (χ1v) is 13.3. The van der Waals surface area contributed by atoms with E-state index >= 15 is 0 Å². The van der Waals surface area contributed by atoms with Crippen LogP contribution >= 0.6 is 0 Å². The third-order valence-corrected chi connectivity index (χ3v) is 7.35. The number of hydrogen-bond acceptors (Lipinski definition) is 5. The highest BCUT2D eigenvalue weighted by molar-refractivity contribution is 7.86. The Morgan fingerprint density at radius 2 is 1.64 bits per heavy atom. The van der Waals surface area contributed by atoms with Crippen LogP contribution < -0.4 is 14.2 Å². The standard InChI is InChI=1S/C26H44O6S/c1-12-13-17-19-18(22(33(27,28)29)21(31-11)20(17)30-10)23(25(7,8)15-24(4,5)6)26(9,32-19)14-16(2)3/h16,23H,12-15H2,1-11H3,(H,27,28,29). The average molecular weight is 485 g/mol. The molecule has 0 bridgehead atoms. The molecule has 33 heavy (non-hydrogen) atoms. The Kier molecular flexibility index (Phi) is 7.82. The Morgan fingerprint density at radius 1 is 1.09 bits per heavy atom. The fourth-order valence-electron chi connectivity index (χ4n) is 6.50. The van der Waals surface area contributed by atoms with E-state index in [-0.39, 0.29) is 27.4 Å². The van der Waals surface area contributed by atoms with Crippen molar-refractivity contribution >= 4 is 10.1 Å². The van der Waals surface area contributed by atoms with Gasteiger partial charge in [-0.15, -0.1) is 0 Å². The smallest absolute Gasteiger partial charge is 0.298 e. The van der Waals surface area contributed by atoms with E-state index in [0.717, 1.165) is 24.8 Å². The first-order valence-electron chi connectivity index (χ1n) is 11.9. The summed E-state index contributed by atoms with van der Waals surface area (Å²) in [7, 11) is -1.74. The van der Waals surface area contributed by atoms with Crippen LogP contribution in [-0.4, -0.2) is 32.8 Å². The molecule has 0 fully saturated rings.